The number of rotatable bonds is 9. The van der Waals surface area contributed by atoms with E-state index in [4.69, 9.17) is 23.4 Å². The number of aliphatic hydroxyl groups is 2. The van der Waals surface area contributed by atoms with Crippen LogP contribution in [0.4, 0.5) is 0 Å². The molecule has 6 aliphatic heterocycles. The molecule has 12 aliphatic rings. The summed E-state index contributed by atoms with van der Waals surface area (Å²) in [5.74, 6) is 0.429. The highest BCUT2D eigenvalue weighted by Gasteiger charge is 2.94. The summed E-state index contributed by atoms with van der Waals surface area (Å²) in [6.45, 7) is 6.42. The van der Waals surface area contributed by atoms with Gasteiger partial charge in [-0.05, 0) is 149 Å². The molecule has 394 valence electrons. The second-order valence-corrected chi connectivity index (χ2v) is 26.6. The first-order valence-electron chi connectivity index (χ1n) is 29.3. The zero-order valence-corrected chi connectivity index (χ0v) is 43.4. The molecule has 14 rings (SSSR count). The van der Waals surface area contributed by atoms with Crippen LogP contribution in [0.5, 0.6) is 0 Å². The number of hydrogen-bond acceptors (Lipinski definition) is 12. The number of cyclic esters (lactones) is 2. The molecule has 6 aliphatic carbocycles. The molecule has 18 atom stereocenters. The van der Waals surface area contributed by atoms with Crippen molar-refractivity contribution >= 4 is 17.7 Å². The fourth-order valence-corrected chi connectivity index (χ4v) is 20.9. The second-order valence-electron chi connectivity index (χ2n) is 26.6. The van der Waals surface area contributed by atoms with Crippen LogP contribution in [0.2, 0.25) is 0 Å². The van der Waals surface area contributed by atoms with Crippen molar-refractivity contribution in [1.82, 2.24) is 10.2 Å². The highest BCUT2D eigenvalue weighted by atomic mass is 16.7. The molecular weight excluding hydrogens is 921 g/mol. The predicted molar refractivity (Wildman–Crippen MR) is 269 cm³/mol. The third-order valence-electron chi connectivity index (χ3n) is 23.9. The lowest BCUT2D eigenvalue weighted by molar-refractivity contribution is -0.285. The Morgan fingerprint density at radius 1 is 0.849 bits per heavy atom. The minimum atomic E-state index is -1.44. The fourth-order valence-electron chi connectivity index (χ4n) is 20.9. The Bertz CT molecular complexity index is 2520. The Balaban J connectivity index is 0.886. The lowest BCUT2D eigenvalue weighted by Gasteiger charge is -2.71. The van der Waals surface area contributed by atoms with Crippen LogP contribution in [0, 0.1) is 74.9 Å². The molecule has 5 saturated heterocycles. The number of carbonyl (C=O) groups is 3. The molecule has 18 unspecified atom stereocenters. The van der Waals surface area contributed by atoms with Crippen molar-refractivity contribution in [2.24, 2.45) is 74.9 Å². The van der Waals surface area contributed by atoms with Gasteiger partial charge < -0.3 is 38.5 Å². The van der Waals surface area contributed by atoms with Crippen molar-refractivity contribution in [3.63, 3.8) is 0 Å². The van der Waals surface area contributed by atoms with Gasteiger partial charge in [-0.3, -0.25) is 14.9 Å². The maximum Gasteiger partial charge on any atom is 0.339 e. The highest BCUT2D eigenvalue weighted by molar-refractivity contribution is 5.93. The van der Waals surface area contributed by atoms with Gasteiger partial charge in [0.05, 0.1) is 36.0 Å². The van der Waals surface area contributed by atoms with Gasteiger partial charge in [-0.25, -0.2) is 4.79 Å². The summed E-state index contributed by atoms with van der Waals surface area (Å²) < 4.78 is 35.1. The summed E-state index contributed by atoms with van der Waals surface area (Å²) in [4.78, 5) is 48.9. The van der Waals surface area contributed by atoms with Gasteiger partial charge in [-0.2, -0.15) is 0 Å². The van der Waals surface area contributed by atoms with Crippen LogP contribution >= 0.6 is 0 Å². The van der Waals surface area contributed by atoms with Gasteiger partial charge in [0.25, 0.3) is 0 Å². The number of furan rings is 1. The van der Waals surface area contributed by atoms with Crippen LogP contribution < -0.4 is 5.32 Å². The van der Waals surface area contributed by atoms with E-state index in [1.54, 1.807) is 6.26 Å². The smallest absolute Gasteiger partial charge is 0.339 e. The quantitative estimate of drug-likeness (QED) is 0.162. The molecule has 1 aromatic carbocycles. The minimum absolute atomic E-state index is 0.0309. The average molecular weight is 1000 g/mol. The number of hydrogen-bond donors (Lipinski definition) is 3. The largest absolute Gasteiger partial charge is 0.469 e. The van der Waals surface area contributed by atoms with Crippen LogP contribution in [0.3, 0.4) is 0 Å². The molecule has 7 heterocycles. The van der Waals surface area contributed by atoms with E-state index in [0.717, 1.165) is 121 Å². The van der Waals surface area contributed by atoms with Gasteiger partial charge in [-0.1, -0.05) is 88.3 Å². The number of aliphatic hydroxyl groups excluding tert-OH is 2. The van der Waals surface area contributed by atoms with Crippen molar-refractivity contribution in [3.05, 3.63) is 71.8 Å². The molecule has 0 amide bonds. The molecule has 0 radical (unpaired) electrons. The molecule has 12 heteroatoms. The van der Waals surface area contributed by atoms with Gasteiger partial charge in [-0.15, -0.1) is 0 Å². The molecule has 11 fully saturated rings. The molecule has 3 N–H and O–H groups in total. The summed E-state index contributed by atoms with van der Waals surface area (Å²) in [5, 5.41) is 28.8. The number of benzene rings is 1. The molecule has 2 aromatic rings. The number of fused-ring (bicyclic) bond motifs is 5. The topological polar surface area (TPSA) is 160 Å². The van der Waals surface area contributed by atoms with Crippen molar-refractivity contribution in [3.8, 4) is 0 Å². The van der Waals surface area contributed by atoms with E-state index in [1.807, 2.05) is 6.07 Å². The zero-order valence-electron chi connectivity index (χ0n) is 43.4. The monoisotopic (exact) mass is 1000 g/mol. The highest BCUT2D eigenvalue weighted by Crippen LogP contribution is 2.84. The summed E-state index contributed by atoms with van der Waals surface area (Å²) in [7, 11) is 0. The number of esters is 2. The van der Waals surface area contributed by atoms with Crippen molar-refractivity contribution in [1.29, 1.82) is 0 Å². The van der Waals surface area contributed by atoms with Crippen LogP contribution in [0.25, 0.3) is 0 Å². The van der Waals surface area contributed by atoms with Gasteiger partial charge in [0.1, 0.15) is 30.2 Å². The summed E-state index contributed by atoms with van der Waals surface area (Å²) >= 11 is 0. The number of carbonyl (C=O) groups excluding carboxylic acids is 3. The molecular formula is C61H80N2O10. The van der Waals surface area contributed by atoms with Crippen LogP contribution in [-0.4, -0.2) is 94.8 Å². The lowest BCUT2D eigenvalue weighted by Crippen LogP contribution is -2.80. The summed E-state index contributed by atoms with van der Waals surface area (Å²) in [6.07, 6.45) is 20.3. The number of Topliss-reactive ketones (excluding diaryl/α,β-unsaturated/α-hetero) is 1. The van der Waals surface area contributed by atoms with Crippen molar-refractivity contribution < 1.29 is 48.0 Å². The summed E-state index contributed by atoms with van der Waals surface area (Å²) in [6, 6.07) is 13.2. The van der Waals surface area contributed by atoms with Gasteiger partial charge >= 0.3 is 11.9 Å². The van der Waals surface area contributed by atoms with Gasteiger partial charge in [0, 0.05) is 47.4 Å². The fraction of sp³-hybridized carbons (Fsp3) is 0.754. The van der Waals surface area contributed by atoms with E-state index in [0.29, 0.717) is 61.8 Å². The van der Waals surface area contributed by atoms with E-state index in [-0.39, 0.29) is 48.6 Å². The standard InChI is InChI=1S/C61H80N2O10/c1-56-25-20-47-59-34-70-55(68)58(23-9-10-24-58)54(59)73-57(2,41-15-7-4-8-16-41)49(59)48(65)50(66)60(47,42-17-11-14-37(29-42)28-36-12-5-3-6-13-36)61(56)52(72-61)53(67)71-51(56)44-22-27-69-46(44)31-40(33-64)38-18-19-43-39(30-38)21-26-63-35-62-32-45(43)63/h3,5-6,12-13,21-22,26-27,37-43,45,47,49-52,54,62,64,66H,4,7-11,14-20,23-25,28-35H2,1-2H3. The lowest BCUT2D eigenvalue weighted by atomic mass is 9.32. The Morgan fingerprint density at radius 2 is 1.66 bits per heavy atom. The molecule has 0 bridgehead atoms. The molecule has 3 spiro atoms. The van der Waals surface area contributed by atoms with Crippen LogP contribution in [0.1, 0.15) is 152 Å². The van der Waals surface area contributed by atoms with Crippen molar-refractivity contribution in [2.75, 3.05) is 26.4 Å². The normalized spacial score (nSPS) is 46.8. The van der Waals surface area contributed by atoms with E-state index >= 15 is 9.59 Å². The molecule has 73 heavy (non-hydrogen) atoms. The third-order valence-corrected chi connectivity index (χ3v) is 23.9. The first-order valence-corrected chi connectivity index (χ1v) is 29.3. The summed E-state index contributed by atoms with van der Waals surface area (Å²) in [5.41, 5.74) is -3.99. The van der Waals surface area contributed by atoms with E-state index in [9.17, 15) is 15.0 Å². The third kappa shape index (κ3) is 6.39. The number of ether oxygens (including phenoxy) is 4. The van der Waals surface area contributed by atoms with E-state index in [1.165, 1.54) is 5.56 Å². The Hall–Kier alpha value is -3.55. The van der Waals surface area contributed by atoms with Gasteiger partial charge in [0.2, 0.25) is 0 Å². The maximum atomic E-state index is 16.6. The first kappa shape index (κ1) is 47.9. The molecule has 6 saturated carbocycles. The Morgan fingerprint density at radius 3 is 2.47 bits per heavy atom. The number of epoxide rings is 1. The van der Waals surface area contributed by atoms with Crippen LogP contribution in [0.15, 0.2) is 59.4 Å². The Labute approximate surface area is 431 Å². The molecule has 1 aromatic heterocycles. The average Bonchev–Trinajstić information content (AvgIpc) is 3.98. The number of nitrogens with one attached hydrogen (secondary N) is 1. The second kappa shape index (κ2) is 17.2. The van der Waals surface area contributed by atoms with Crippen LogP contribution in [-0.2, 0) is 46.2 Å². The maximum absolute atomic E-state index is 16.6. The number of nitrogens with zero attached hydrogens (tertiary/aromatic N) is 1. The van der Waals surface area contributed by atoms with Crippen molar-refractivity contribution in [2.45, 2.75) is 184 Å². The minimum Gasteiger partial charge on any atom is -0.469 e. The first-order chi connectivity index (χ1) is 35.4. The van der Waals surface area contributed by atoms with E-state index in [2.05, 4.69) is 66.7 Å². The van der Waals surface area contributed by atoms with E-state index < -0.39 is 69.2 Å². The number of ketones is 1. The zero-order chi connectivity index (χ0) is 49.7. The Kier molecular flexibility index (Phi) is 11.3. The van der Waals surface area contributed by atoms with Gasteiger partial charge in [0.15, 0.2) is 11.9 Å². The predicted octanol–water partition coefficient (Wildman–Crippen LogP) is 8.81. The SMILES string of the molecule is CC1(C2CCCCC2)OC2C3(CCCC3)C(=O)OCC23C1C(=O)C(O)C1(C2CCCC(Cc4ccccc4)C2)C3CCC2(C)C(c3ccoc3CC(CO)C3CCC4C(C=CN5CNCC45)C3)OC(=O)C3OC321. The molecule has 12 nitrogen and oxygen atoms in total. The number of allylic oxidation sites excluding steroid dienone is 1.